The maximum atomic E-state index is 11.9. The molecule has 200 valence electrons. The number of aliphatic hydroxyl groups excluding tert-OH is 1. The minimum Gasteiger partial charge on any atom is -0.392 e. The summed E-state index contributed by atoms with van der Waals surface area (Å²) in [6, 6.07) is 15.3. The van der Waals surface area contributed by atoms with E-state index in [4.69, 9.17) is 18.9 Å². The Balaban J connectivity index is 1.28. The third-order valence-electron chi connectivity index (χ3n) is 7.29. The average molecular weight is 512 g/mol. The van der Waals surface area contributed by atoms with Crippen LogP contribution in [-0.4, -0.2) is 67.3 Å². The second-order valence-corrected chi connectivity index (χ2v) is 9.86. The van der Waals surface area contributed by atoms with Crippen LogP contribution in [0.2, 0.25) is 0 Å². The summed E-state index contributed by atoms with van der Waals surface area (Å²) in [5, 5.41) is 15.0. The topological polar surface area (TPSA) is 102 Å². The van der Waals surface area contributed by atoms with E-state index in [0.717, 1.165) is 55.6 Å². The number of aliphatic hydroxyl groups is 1. The van der Waals surface area contributed by atoms with Crippen LogP contribution in [0.3, 0.4) is 0 Å². The SMILES string of the molecule is CCNC(=O)Nc1ccc([C@@H]2O[C@H](CN3CCC4(CC3)OCCO4)C[C@H](c3ccc(CO)cc3)O2)cc1. The zero-order valence-electron chi connectivity index (χ0n) is 21.4. The first-order valence-electron chi connectivity index (χ1n) is 13.2. The molecule has 2 aromatic rings. The number of benzene rings is 2. The van der Waals surface area contributed by atoms with Crippen molar-refractivity contribution in [3.63, 3.8) is 0 Å². The van der Waals surface area contributed by atoms with E-state index >= 15 is 0 Å². The highest BCUT2D eigenvalue weighted by atomic mass is 16.7. The standard InChI is InChI=1S/C28H37N3O6/c1-2-29-27(33)30-23-9-7-22(8-10-23)26-36-24(17-25(37-26)21-5-3-20(19-32)4-6-21)18-31-13-11-28(12-14-31)34-15-16-35-28/h3-10,24-26,32H,2,11-19H2,1H3,(H2,29,30,33)/t24-,25+,26+/m0/s1. The highest BCUT2D eigenvalue weighted by Crippen LogP contribution is 2.39. The molecule has 1 spiro atoms. The fourth-order valence-corrected chi connectivity index (χ4v) is 5.24. The number of nitrogens with zero attached hydrogens (tertiary/aromatic N) is 1. The summed E-state index contributed by atoms with van der Waals surface area (Å²) in [6.07, 6.45) is 1.78. The summed E-state index contributed by atoms with van der Waals surface area (Å²) in [6.45, 7) is 6.43. The Bertz CT molecular complexity index is 1020. The van der Waals surface area contributed by atoms with E-state index in [1.807, 2.05) is 55.5 Å². The zero-order valence-corrected chi connectivity index (χ0v) is 21.4. The lowest BCUT2D eigenvalue weighted by Crippen LogP contribution is -2.48. The molecule has 2 amide bonds. The number of hydrogen-bond acceptors (Lipinski definition) is 7. The first-order chi connectivity index (χ1) is 18.1. The molecule has 0 saturated carbocycles. The van der Waals surface area contributed by atoms with Gasteiger partial charge in [0.15, 0.2) is 12.1 Å². The molecule has 3 aliphatic rings. The minimum atomic E-state index is -0.530. The molecule has 5 rings (SSSR count). The molecule has 0 radical (unpaired) electrons. The lowest BCUT2D eigenvalue weighted by Gasteiger charge is -2.41. The van der Waals surface area contributed by atoms with E-state index in [-0.39, 0.29) is 24.8 Å². The lowest BCUT2D eigenvalue weighted by molar-refractivity contribution is -0.255. The van der Waals surface area contributed by atoms with E-state index in [1.54, 1.807) is 0 Å². The number of anilines is 1. The Hall–Kier alpha value is -2.53. The third kappa shape index (κ3) is 6.49. The van der Waals surface area contributed by atoms with Crippen LogP contribution in [0.5, 0.6) is 0 Å². The van der Waals surface area contributed by atoms with E-state index < -0.39 is 12.1 Å². The Morgan fingerprint density at radius 3 is 2.32 bits per heavy atom. The predicted molar refractivity (Wildman–Crippen MR) is 138 cm³/mol. The average Bonchev–Trinajstić information content (AvgIpc) is 3.38. The van der Waals surface area contributed by atoms with E-state index in [9.17, 15) is 9.90 Å². The van der Waals surface area contributed by atoms with Gasteiger partial charge in [-0.15, -0.1) is 0 Å². The van der Waals surface area contributed by atoms with Crippen molar-refractivity contribution in [3.05, 3.63) is 65.2 Å². The van der Waals surface area contributed by atoms with Gasteiger partial charge < -0.3 is 39.6 Å². The second-order valence-electron chi connectivity index (χ2n) is 9.86. The number of piperidine rings is 1. The molecule has 0 bridgehead atoms. The number of urea groups is 1. The number of hydrogen-bond donors (Lipinski definition) is 3. The van der Waals surface area contributed by atoms with Gasteiger partial charge in [0, 0.05) is 56.7 Å². The van der Waals surface area contributed by atoms with Crippen molar-refractivity contribution in [3.8, 4) is 0 Å². The van der Waals surface area contributed by atoms with E-state index in [0.29, 0.717) is 25.4 Å². The highest BCUT2D eigenvalue weighted by molar-refractivity contribution is 5.89. The van der Waals surface area contributed by atoms with Crippen molar-refractivity contribution >= 4 is 11.7 Å². The number of carbonyl (C=O) groups excluding carboxylic acids is 1. The fourth-order valence-electron chi connectivity index (χ4n) is 5.24. The predicted octanol–water partition coefficient (Wildman–Crippen LogP) is 3.70. The van der Waals surface area contributed by atoms with Crippen molar-refractivity contribution in [2.75, 3.05) is 44.7 Å². The van der Waals surface area contributed by atoms with Gasteiger partial charge in [0.1, 0.15) is 0 Å². The maximum Gasteiger partial charge on any atom is 0.319 e. The van der Waals surface area contributed by atoms with Gasteiger partial charge in [-0.2, -0.15) is 0 Å². The van der Waals surface area contributed by atoms with Crippen molar-refractivity contribution < 1.29 is 28.8 Å². The molecule has 3 atom stereocenters. The molecule has 37 heavy (non-hydrogen) atoms. The van der Waals surface area contributed by atoms with Gasteiger partial charge >= 0.3 is 6.03 Å². The quantitative estimate of drug-likeness (QED) is 0.521. The molecule has 3 saturated heterocycles. The van der Waals surface area contributed by atoms with Crippen molar-refractivity contribution in [1.29, 1.82) is 0 Å². The Kier molecular flexibility index (Phi) is 8.39. The first kappa shape index (κ1) is 26.1. The van der Waals surface area contributed by atoms with Gasteiger partial charge in [0.25, 0.3) is 0 Å². The molecule has 0 unspecified atom stereocenters. The zero-order chi connectivity index (χ0) is 25.7. The van der Waals surface area contributed by atoms with Crippen molar-refractivity contribution in [2.45, 2.75) is 57.1 Å². The second kappa shape index (κ2) is 11.9. The molecular formula is C28H37N3O6. The number of carbonyl (C=O) groups is 1. The monoisotopic (exact) mass is 511 g/mol. The highest BCUT2D eigenvalue weighted by Gasteiger charge is 2.41. The number of amides is 2. The number of rotatable bonds is 7. The van der Waals surface area contributed by atoms with Crippen LogP contribution in [0.15, 0.2) is 48.5 Å². The van der Waals surface area contributed by atoms with E-state index in [2.05, 4.69) is 15.5 Å². The molecule has 3 aliphatic heterocycles. The van der Waals surface area contributed by atoms with Crippen LogP contribution in [-0.2, 0) is 25.6 Å². The Morgan fingerprint density at radius 2 is 1.68 bits per heavy atom. The molecule has 0 aliphatic carbocycles. The van der Waals surface area contributed by atoms with Crippen LogP contribution in [0.4, 0.5) is 10.5 Å². The number of likely N-dealkylation sites (tertiary alicyclic amines) is 1. The summed E-state index contributed by atoms with van der Waals surface area (Å²) in [5.41, 5.74) is 3.54. The van der Waals surface area contributed by atoms with Crippen LogP contribution in [0, 0.1) is 0 Å². The van der Waals surface area contributed by atoms with Crippen LogP contribution in [0.25, 0.3) is 0 Å². The van der Waals surface area contributed by atoms with E-state index in [1.165, 1.54) is 0 Å². The minimum absolute atomic E-state index is 0.0146. The molecule has 9 heteroatoms. The Morgan fingerprint density at radius 1 is 1.00 bits per heavy atom. The van der Waals surface area contributed by atoms with Crippen molar-refractivity contribution in [1.82, 2.24) is 10.2 Å². The normalized spacial score (nSPS) is 25.7. The molecule has 3 heterocycles. The maximum absolute atomic E-state index is 11.9. The van der Waals surface area contributed by atoms with Gasteiger partial charge in [-0.05, 0) is 30.2 Å². The summed E-state index contributed by atoms with van der Waals surface area (Å²) in [4.78, 5) is 14.3. The summed E-state index contributed by atoms with van der Waals surface area (Å²) >= 11 is 0. The van der Waals surface area contributed by atoms with Gasteiger partial charge in [-0.1, -0.05) is 36.4 Å². The van der Waals surface area contributed by atoms with Crippen LogP contribution < -0.4 is 10.6 Å². The Labute approximate surface area is 218 Å². The number of ether oxygens (including phenoxy) is 4. The molecule has 3 N–H and O–H groups in total. The fraction of sp³-hybridized carbons (Fsp3) is 0.536. The molecular weight excluding hydrogens is 474 g/mol. The lowest BCUT2D eigenvalue weighted by atomic mass is 9.98. The molecule has 2 aromatic carbocycles. The van der Waals surface area contributed by atoms with Crippen LogP contribution >= 0.6 is 0 Å². The van der Waals surface area contributed by atoms with Crippen LogP contribution in [0.1, 0.15) is 55.3 Å². The number of nitrogens with one attached hydrogen (secondary N) is 2. The van der Waals surface area contributed by atoms with Crippen molar-refractivity contribution in [2.24, 2.45) is 0 Å². The molecule has 3 fully saturated rings. The van der Waals surface area contributed by atoms with Gasteiger partial charge in [-0.25, -0.2) is 4.79 Å². The third-order valence-corrected chi connectivity index (χ3v) is 7.29. The molecule has 0 aromatic heterocycles. The van der Waals surface area contributed by atoms with Gasteiger partial charge in [0.2, 0.25) is 0 Å². The molecule has 9 nitrogen and oxygen atoms in total. The summed E-state index contributed by atoms with van der Waals surface area (Å²) in [5.74, 6) is -0.392. The van der Waals surface area contributed by atoms with Gasteiger partial charge in [0.05, 0.1) is 32.0 Å². The largest absolute Gasteiger partial charge is 0.392 e. The summed E-state index contributed by atoms with van der Waals surface area (Å²) < 4.78 is 24.7. The van der Waals surface area contributed by atoms with Gasteiger partial charge in [-0.3, -0.25) is 0 Å². The summed E-state index contributed by atoms with van der Waals surface area (Å²) in [7, 11) is 0. The smallest absolute Gasteiger partial charge is 0.319 e. The first-order valence-corrected chi connectivity index (χ1v) is 13.2.